The molecule has 1 saturated carbocycles. The number of aromatic nitrogens is 2. The normalized spacial score (nSPS) is 20.3. The number of ether oxygens (including phenoxy) is 2. The number of hydrogen-bond donors (Lipinski definition) is 3. The number of anilines is 2. The number of hydrogen-bond acceptors (Lipinski definition) is 7. The van der Waals surface area contributed by atoms with Crippen molar-refractivity contribution >= 4 is 22.7 Å². The zero-order chi connectivity index (χ0) is 17.1. The van der Waals surface area contributed by atoms with Crippen LogP contribution in [0.2, 0.25) is 0 Å². The molecule has 7 heteroatoms. The molecule has 1 aliphatic carbocycles. The SMILES string of the molecule is COc1cc2nc(NC3CCCC3CCO)nc(N)c2cc1OC. The number of rotatable bonds is 6. The molecule has 1 heterocycles. The van der Waals surface area contributed by atoms with Crippen molar-refractivity contribution in [2.45, 2.75) is 31.7 Å². The fourth-order valence-corrected chi connectivity index (χ4v) is 3.45. The molecule has 24 heavy (non-hydrogen) atoms. The molecule has 4 N–H and O–H groups in total. The van der Waals surface area contributed by atoms with Gasteiger partial charge in [0.1, 0.15) is 5.82 Å². The molecule has 1 fully saturated rings. The van der Waals surface area contributed by atoms with Gasteiger partial charge in [0.15, 0.2) is 11.5 Å². The largest absolute Gasteiger partial charge is 0.493 e. The standard InChI is InChI=1S/C17H24N4O3/c1-23-14-8-11-13(9-15(14)24-2)20-17(21-16(11)18)19-12-5-3-4-10(12)6-7-22/h8-10,12,22H,3-7H2,1-2H3,(H3,18,19,20,21). The number of aliphatic hydroxyl groups excluding tert-OH is 1. The maximum Gasteiger partial charge on any atom is 0.225 e. The summed E-state index contributed by atoms with van der Waals surface area (Å²) < 4.78 is 10.6. The van der Waals surface area contributed by atoms with Gasteiger partial charge in [0.25, 0.3) is 0 Å². The number of nitrogens with two attached hydrogens (primary N) is 1. The number of fused-ring (bicyclic) bond motifs is 1. The Morgan fingerprint density at radius 3 is 2.67 bits per heavy atom. The van der Waals surface area contributed by atoms with Gasteiger partial charge in [0.2, 0.25) is 5.95 Å². The van der Waals surface area contributed by atoms with Crippen LogP contribution in [0, 0.1) is 5.92 Å². The molecule has 3 rings (SSSR count). The lowest BCUT2D eigenvalue weighted by Gasteiger charge is -2.20. The summed E-state index contributed by atoms with van der Waals surface area (Å²) in [5.41, 5.74) is 6.82. The Morgan fingerprint density at radius 2 is 1.96 bits per heavy atom. The highest BCUT2D eigenvalue weighted by atomic mass is 16.5. The van der Waals surface area contributed by atoms with E-state index in [0.29, 0.717) is 34.7 Å². The lowest BCUT2D eigenvalue weighted by Crippen LogP contribution is -2.26. The number of nitrogens with one attached hydrogen (secondary N) is 1. The third kappa shape index (κ3) is 3.17. The van der Waals surface area contributed by atoms with Gasteiger partial charge in [-0.15, -0.1) is 0 Å². The zero-order valence-electron chi connectivity index (χ0n) is 14.1. The van der Waals surface area contributed by atoms with E-state index in [-0.39, 0.29) is 12.6 Å². The summed E-state index contributed by atoms with van der Waals surface area (Å²) in [6.45, 7) is 0.209. The topological polar surface area (TPSA) is 103 Å². The zero-order valence-corrected chi connectivity index (χ0v) is 14.1. The first kappa shape index (κ1) is 16.6. The third-order valence-electron chi connectivity index (χ3n) is 4.70. The predicted octanol–water partition coefficient (Wildman–Crippen LogP) is 2.19. The Bertz CT molecular complexity index is 723. The van der Waals surface area contributed by atoms with Crippen LogP contribution in [-0.4, -0.2) is 41.9 Å². The highest BCUT2D eigenvalue weighted by molar-refractivity contribution is 5.91. The molecule has 0 spiro atoms. The Morgan fingerprint density at radius 1 is 1.21 bits per heavy atom. The fourth-order valence-electron chi connectivity index (χ4n) is 3.45. The molecule has 130 valence electrons. The predicted molar refractivity (Wildman–Crippen MR) is 93.5 cm³/mol. The van der Waals surface area contributed by atoms with E-state index in [0.717, 1.165) is 31.1 Å². The lowest BCUT2D eigenvalue weighted by atomic mass is 10.0. The van der Waals surface area contributed by atoms with E-state index >= 15 is 0 Å². The van der Waals surface area contributed by atoms with Crippen molar-refractivity contribution in [1.82, 2.24) is 9.97 Å². The van der Waals surface area contributed by atoms with Gasteiger partial charge in [0, 0.05) is 24.1 Å². The number of nitrogen functional groups attached to an aromatic ring is 1. The fraction of sp³-hybridized carbons (Fsp3) is 0.529. The summed E-state index contributed by atoms with van der Waals surface area (Å²) in [5, 5.41) is 13.3. The van der Waals surface area contributed by atoms with E-state index in [4.69, 9.17) is 15.2 Å². The summed E-state index contributed by atoms with van der Waals surface area (Å²) in [5.74, 6) is 2.57. The van der Waals surface area contributed by atoms with Crippen molar-refractivity contribution in [3.8, 4) is 11.5 Å². The van der Waals surface area contributed by atoms with Gasteiger partial charge in [-0.3, -0.25) is 0 Å². The minimum Gasteiger partial charge on any atom is -0.493 e. The summed E-state index contributed by atoms with van der Waals surface area (Å²) in [7, 11) is 3.17. The molecule has 0 saturated heterocycles. The molecule has 1 aromatic carbocycles. The van der Waals surface area contributed by atoms with Crippen molar-refractivity contribution in [2.24, 2.45) is 5.92 Å². The van der Waals surface area contributed by atoms with Crippen LogP contribution < -0.4 is 20.5 Å². The first-order valence-electron chi connectivity index (χ1n) is 8.23. The molecule has 0 amide bonds. The minimum atomic E-state index is 0.209. The van der Waals surface area contributed by atoms with Gasteiger partial charge in [-0.25, -0.2) is 4.98 Å². The Kier molecular flexibility index (Phi) is 4.89. The molecule has 1 aromatic heterocycles. The molecule has 7 nitrogen and oxygen atoms in total. The van der Waals surface area contributed by atoms with Gasteiger partial charge < -0.3 is 25.6 Å². The highest BCUT2D eigenvalue weighted by Gasteiger charge is 2.27. The smallest absolute Gasteiger partial charge is 0.225 e. The van der Waals surface area contributed by atoms with Crippen LogP contribution in [0.5, 0.6) is 11.5 Å². The van der Waals surface area contributed by atoms with Crippen molar-refractivity contribution in [3.05, 3.63) is 12.1 Å². The van der Waals surface area contributed by atoms with Gasteiger partial charge >= 0.3 is 0 Å². The van der Waals surface area contributed by atoms with E-state index in [1.54, 1.807) is 26.4 Å². The molecule has 0 radical (unpaired) electrons. The number of aliphatic hydroxyl groups is 1. The first-order valence-corrected chi connectivity index (χ1v) is 8.23. The van der Waals surface area contributed by atoms with Crippen LogP contribution in [0.4, 0.5) is 11.8 Å². The van der Waals surface area contributed by atoms with Crippen molar-refractivity contribution in [1.29, 1.82) is 0 Å². The van der Waals surface area contributed by atoms with Crippen LogP contribution in [0.3, 0.4) is 0 Å². The van der Waals surface area contributed by atoms with Gasteiger partial charge in [-0.2, -0.15) is 4.98 Å². The summed E-state index contributed by atoms with van der Waals surface area (Å²) in [6, 6.07) is 3.86. The summed E-state index contributed by atoms with van der Waals surface area (Å²) in [4.78, 5) is 8.96. The quantitative estimate of drug-likeness (QED) is 0.745. The van der Waals surface area contributed by atoms with Gasteiger partial charge in [0.05, 0.1) is 19.7 Å². The lowest BCUT2D eigenvalue weighted by molar-refractivity contribution is 0.254. The van der Waals surface area contributed by atoms with Crippen LogP contribution in [0.15, 0.2) is 12.1 Å². The first-order chi connectivity index (χ1) is 11.7. The maximum atomic E-state index is 9.20. The van der Waals surface area contributed by atoms with Crippen LogP contribution in [0.1, 0.15) is 25.7 Å². The van der Waals surface area contributed by atoms with E-state index in [1.165, 1.54) is 0 Å². The Hall–Kier alpha value is -2.28. The molecular weight excluding hydrogens is 308 g/mol. The van der Waals surface area contributed by atoms with Crippen molar-refractivity contribution in [2.75, 3.05) is 31.9 Å². The minimum absolute atomic E-state index is 0.209. The summed E-state index contributed by atoms with van der Waals surface area (Å²) >= 11 is 0. The molecule has 2 unspecified atom stereocenters. The Balaban J connectivity index is 1.92. The van der Waals surface area contributed by atoms with Crippen LogP contribution in [0.25, 0.3) is 10.9 Å². The van der Waals surface area contributed by atoms with Crippen molar-refractivity contribution in [3.63, 3.8) is 0 Å². The molecular formula is C17H24N4O3. The average molecular weight is 332 g/mol. The second-order valence-electron chi connectivity index (χ2n) is 6.11. The summed E-state index contributed by atoms with van der Waals surface area (Å²) in [6.07, 6.45) is 4.12. The van der Waals surface area contributed by atoms with Crippen molar-refractivity contribution < 1.29 is 14.6 Å². The van der Waals surface area contributed by atoms with E-state index in [2.05, 4.69) is 15.3 Å². The number of nitrogens with zero attached hydrogens (tertiary/aromatic N) is 2. The second-order valence-corrected chi connectivity index (χ2v) is 6.11. The molecule has 0 aliphatic heterocycles. The third-order valence-corrected chi connectivity index (χ3v) is 4.70. The molecule has 2 aromatic rings. The van der Waals surface area contributed by atoms with E-state index < -0.39 is 0 Å². The van der Waals surface area contributed by atoms with E-state index in [1.807, 2.05) is 0 Å². The monoisotopic (exact) mass is 332 g/mol. The second kappa shape index (κ2) is 7.09. The average Bonchev–Trinajstić information content (AvgIpc) is 3.01. The molecule has 1 aliphatic rings. The van der Waals surface area contributed by atoms with Crippen LogP contribution >= 0.6 is 0 Å². The Labute approximate surface area is 141 Å². The molecule has 0 bridgehead atoms. The van der Waals surface area contributed by atoms with Gasteiger partial charge in [-0.1, -0.05) is 6.42 Å². The molecule has 2 atom stereocenters. The number of methoxy groups -OCH3 is 2. The highest BCUT2D eigenvalue weighted by Crippen LogP contribution is 2.35. The van der Waals surface area contributed by atoms with Gasteiger partial charge in [-0.05, 0) is 31.2 Å². The number of benzene rings is 1. The maximum absolute atomic E-state index is 9.20. The van der Waals surface area contributed by atoms with E-state index in [9.17, 15) is 5.11 Å². The van der Waals surface area contributed by atoms with Crippen LogP contribution in [-0.2, 0) is 0 Å².